The molecule has 0 radical (unpaired) electrons. The Labute approximate surface area is 128 Å². The van der Waals surface area contributed by atoms with Gasteiger partial charge in [0, 0.05) is 20.3 Å². The molecule has 0 saturated carbocycles. The van der Waals surface area contributed by atoms with Gasteiger partial charge in [-0.1, -0.05) is 18.2 Å². The zero-order chi connectivity index (χ0) is 16.4. The second kappa shape index (κ2) is 9.45. The maximum atomic E-state index is 12.6. The summed E-state index contributed by atoms with van der Waals surface area (Å²) >= 11 is 0. The predicted octanol–water partition coefficient (Wildman–Crippen LogP) is 2.95. The van der Waals surface area contributed by atoms with Gasteiger partial charge in [0.1, 0.15) is 0 Å². The molecule has 1 aromatic carbocycles. The number of rotatable bonds is 9. The van der Waals surface area contributed by atoms with Crippen LogP contribution >= 0.6 is 0 Å². The molecule has 7 heteroatoms. The van der Waals surface area contributed by atoms with Crippen LogP contribution in [0.4, 0.5) is 13.2 Å². The van der Waals surface area contributed by atoms with Gasteiger partial charge in [-0.05, 0) is 30.5 Å². The van der Waals surface area contributed by atoms with Crippen molar-refractivity contribution in [2.75, 3.05) is 26.9 Å². The normalized spacial score (nSPS) is 12.5. The number of halogens is 3. The maximum Gasteiger partial charge on any atom is 0.416 e. The van der Waals surface area contributed by atoms with Crippen LogP contribution in [0.2, 0.25) is 0 Å². The average Bonchev–Trinajstić information content (AvgIpc) is 2.49. The van der Waals surface area contributed by atoms with Crippen LogP contribution in [0.15, 0.2) is 30.3 Å². The third-order valence-corrected chi connectivity index (χ3v) is 2.83. The summed E-state index contributed by atoms with van der Waals surface area (Å²) in [4.78, 5) is 5.16. The largest absolute Gasteiger partial charge is 0.416 e. The van der Waals surface area contributed by atoms with Crippen LogP contribution < -0.4 is 11.2 Å². The van der Waals surface area contributed by atoms with Crippen molar-refractivity contribution < 1.29 is 22.7 Å². The first kappa shape index (κ1) is 18.5. The van der Waals surface area contributed by atoms with E-state index in [2.05, 4.69) is 5.48 Å². The van der Waals surface area contributed by atoms with E-state index in [0.29, 0.717) is 37.4 Å². The van der Waals surface area contributed by atoms with E-state index in [1.54, 1.807) is 7.11 Å². The van der Waals surface area contributed by atoms with Gasteiger partial charge >= 0.3 is 6.18 Å². The van der Waals surface area contributed by atoms with Crippen molar-refractivity contribution in [1.82, 2.24) is 5.48 Å². The number of nitrogens with two attached hydrogens (primary N) is 1. The fourth-order valence-electron chi connectivity index (χ4n) is 1.72. The second-order valence-electron chi connectivity index (χ2n) is 4.57. The average molecular weight is 318 g/mol. The van der Waals surface area contributed by atoms with E-state index in [0.717, 1.165) is 18.6 Å². The summed E-state index contributed by atoms with van der Waals surface area (Å²) in [5.74, 6) is 0. The smallest absolute Gasteiger partial charge is 0.385 e. The van der Waals surface area contributed by atoms with Gasteiger partial charge in [-0.3, -0.25) is 10.3 Å². The molecular weight excluding hydrogens is 297 g/mol. The fraction of sp³-hybridized carbons (Fsp3) is 0.467. The van der Waals surface area contributed by atoms with Gasteiger partial charge in [-0.15, -0.1) is 0 Å². The van der Waals surface area contributed by atoms with Gasteiger partial charge in [0.25, 0.3) is 0 Å². The number of ether oxygens (including phenoxy) is 1. The van der Waals surface area contributed by atoms with Crippen LogP contribution in [0.25, 0.3) is 5.70 Å². The van der Waals surface area contributed by atoms with Crippen molar-refractivity contribution in [1.29, 1.82) is 0 Å². The standard InChI is InChI=1S/C15H21F3N2O2/c1-21-10-3-2-4-14(20-22-11-9-19)12-5-7-13(8-6-12)15(16,17)18/h4-8,20H,2-3,9-11,19H2,1H3/b14-4+. The Morgan fingerprint density at radius 3 is 2.45 bits per heavy atom. The minimum Gasteiger partial charge on any atom is -0.385 e. The summed E-state index contributed by atoms with van der Waals surface area (Å²) in [6.07, 6.45) is -0.967. The molecule has 0 aliphatic heterocycles. The Morgan fingerprint density at radius 1 is 1.23 bits per heavy atom. The fourth-order valence-corrected chi connectivity index (χ4v) is 1.72. The number of hydrogen-bond acceptors (Lipinski definition) is 4. The lowest BCUT2D eigenvalue weighted by Gasteiger charge is -2.13. The minimum atomic E-state index is -4.34. The van der Waals surface area contributed by atoms with Crippen molar-refractivity contribution in [2.24, 2.45) is 5.73 Å². The van der Waals surface area contributed by atoms with Gasteiger partial charge in [0.15, 0.2) is 0 Å². The number of alkyl halides is 3. The molecule has 124 valence electrons. The molecule has 0 amide bonds. The molecule has 0 aliphatic rings. The SMILES string of the molecule is COCCC/C=C(/NOCCN)c1ccc(C(F)(F)F)cc1. The zero-order valence-electron chi connectivity index (χ0n) is 12.5. The van der Waals surface area contributed by atoms with E-state index in [1.807, 2.05) is 6.08 Å². The highest BCUT2D eigenvalue weighted by molar-refractivity contribution is 5.63. The molecule has 1 rings (SSSR count). The number of methoxy groups -OCH3 is 1. The summed E-state index contributed by atoms with van der Waals surface area (Å²) in [7, 11) is 1.61. The van der Waals surface area contributed by atoms with Gasteiger partial charge < -0.3 is 10.5 Å². The topological polar surface area (TPSA) is 56.5 Å². The molecule has 0 saturated heterocycles. The Balaban J connectivity index is 2.80. The Kier molecular flexibility index (Phi) is 7.94. The predicted molar refractivity (Wildman–Crippen MR) is 78.7 cm³/mol. The first-order valence-electron chi connectivity index (χ1n) is 6.93. The third-order valence-electron chi connectivity index (χ3n) is 2.83. The highest BCUT2D eigenvalue weighted by Crippen LogP contribution is 2.29. The lowest BCUT2D eigenvalue weighted by Crippen LogP contribution is -2.19. The van der Waals surface area contributed by atoms with Crippen LogP contribution in [-0.2, 0) is 15.8 Å². The summed E-state index contributed by atoms with van der Waals surface area (Å²) in [5, 5.41) is 0. The number of nitrogens with one attached hydrogen (secondary N) is 1. The Hall–Kier alpha value is -1.57. The van der Waals surface area contributed by atoms with Crippen molar-refractivity contribution in [3.05, 3.63) is 41.5 Å². The van der Waals surface area contributed by atoms with Gasteiger partial charge in [-0.2, -0.15) is 13.2 Å². The lowest BCUT2D eigenvalue weighted by atomic mass is 10.1. The van der Waals surface area contributed by atoms with Gasteiger partial charge in [0.05, 0.1) is 17.9 Å². The highest BCUT2D eigenvalue weighted by atomic mass is 19.4. The summed E-state index contributed by atoms with van der Waals surface area (Å²) in [6.45, 7) is 1.26. The first-order valence-corrected chi connectivity index (χ1v) is 6.93. The van der Waals surface area contributed by atoms with E-state index in [1.165, 1.54) is 12.1 Å². The molecule has 1 aromatic rings. The van der Waals surface area contributed by atoms with Crippen molar-refractivity contribution >= 4 is 5.70 Å². The molecule has 4 nitrogen and oxygen atoms in total. The lowest BCUT2D eigenvalue weighted by molar-refractivity contribution is -0.137. The summed E-state index contributed by atoms with van der Waals surface area (Å²) in [5.41, 5.74) is 8.61. The van der Waals surface area contributed by atoms with E-state index in [4.69, 9.17) is 15.3 Å². The van der Waals surface area contributed by atoms with E-state index < -0.39 is 11.7 Å². The molecule has 22 heavy (non-hydrogen) atoms. The molecular formula is C15H21F3N2O2. The highest BCUT2D eigenvalue weighted by Gasteiger charge is 2.30. The molecule has 0 aromatic heterocycles. The molecule has 0 heterocycles. The number of hydroxylamine groups is 1. The second-order valence-corrected chi connectivity index (χ2v) is 4.57. The van der Waals surface area contributed by atoms with Crippen molar-refractivity contribution in [2.45, 2.75) is 19.0 Å². The van der Waals surface area contributed by atoms with Crippen molar-refractivity contribution in [3.8, 4) is 0 Å². The molecule has 3 N–H and O–H groups in total. The number of allylic oxidation sites excluding steroid dienone is 1. The maximum absolute atomic E-state index is 12.6. The molecule has 0 atom stereocenters. The monoisotopic (exact) mass is 318 g/mol. The van der Waals surface area contributed by atoms with Gasteiger partial charge in [0.2, 0.25) is 0 Å². The van der Waals surface area contributed by atoms with Crippen LogP contribution in [0.1, 0.15) is 24.0 Å². The van der Waals surface area contributed by atoms with Crippen LogP contribution in [0.3, 0.4) is 0 Å². The van der Waals surface area contributed by atoms with Crippen LogP contribution in [-0.4, -0.2) is 26.9 Å². The molecule has 0 unspecified atom stereocenters. The Bertz CT molecular complexity index is 459. The third kappa shape index (κ3) is 6.46. The molecule has 0 fully saturated rings. The van der Waals surface area contributed by atoms with Crippen LogP contribution in [0, 0.1) is 0 Å². The van der Waals surface area contributed by atoms with Crippen molar-refractivity contribution in [3.63, 3.8) is 0 Å². The van der Waals surface area contributed by atoms with E-state index >= 15 is 0 Å². The number of hydrogen-bond donors (Lipinski definition) is 2. The number of benzene rings is 1. The first-order chi connectivity index (χ1) is 10.5. The molecule has 0 spiro atoms. The summed E-state index contributed by atoms with van der Waals surface area (Å²) in [6, 6.07) is 4.90. The van der Waals surface area contributed by atoms with Crippen LogP contribution in [0.5, 0.6) is 0 Å². The molecule has 0 aliphatic carbocycles. The minimum absolute atomic E-state index is 0.302. The van der Waals surface area contributed by atoms with E-state index in [9.17, 15) is 13.2 Å². The zero-order valence-corrected chi connectivity index (χ0v) is 12.5. The Morgan fingerprint density at radius 2 is 1.91 bits per heavy atom. The number of unbranched alkanes of at least 4 members (excludes halogenated alkanes) is 1. The molecule has 0 bridgehead atoms. The van der Waals surface area contributed by atoms with Gasteiger partial charge in [-0.25, -0.2) is 0 Å². The quantitative estimate of drug-likeness (QED) is 0.543. The summed E-state index contributed by atoms with van der Waals surface area (Å²) < 4.78 is 42.7. The van der Waals surface area contributed by atoms with E-state index in [-0.39, 0.29) is 0 Å².